The molecule has 1 saturated heterocycles. The Kier molecular flexibility index (Phi) is 26.8. The summed E-state index contributed by atoms with van der Waals surface area (Å²) in [7, 11) is 0. The van der Waals surface area contributed by atoms with E-state index >= 15 is 0 Å². The second kappa shape index (κ2) is 35.3. The minimum Gasteiger partial charge on any atom is -0.461 e. The molecule has 25 heteroatoms. The normalized spacial score (nSPS) is 50.5. The molecule has 16 saturated carbocycles. The Morgan fingerprint density at radius 2 is 1.02 bits per heavy atom. The van der Waals surface area contributed by atoms with Crippen LogP contribution in [0.2, 0.25) is 0 Å². The van der Waals surface area contributed by atoms with Crippen molar-refractivity contribution in [3.63, 3.8) is 0 Å². The number of ketones is 5. The number of ether oxygens (including phenoxy) is 4. The first-order valence-electron chi connectivity index (χ1n) is 52.8. The number of allylic oxidation sites excluding steroid dienone is 4. The van der Waals surface area contributed by atoms with Gasteiger partial charge < -0.3 is 54.7 Å². The number of aromatic nitrogens is 3. The van der Waals surface area contributed by atoms with E-state index in [0.29, 0.717) is 104 Å². The lowest BCUT2D eigenvalue weighted by molar-refractivity contribution is -0.329. The van der Waals surface area contributed by atoms with Crippen molar-refractivity contribution < 1.29 is 93.0 Å². The Hall–Kier alpha value is -6.61. The van der Waals surface area contributed by atoms with Crippen LogP contribution in [0.4, 0.5) is 0 Å². The molecule has 768 valence electrons. The Morgan fingerprint density at radius 3 is 1.57 bits per heavy atom. The van der Waals surface area contributed by atoms with Crippen LogP contribution in [-0.2, 0) is 70.4 Å². The average molecular weight is 1950 g/mol. The molecule has 16 aliphatic carbocycles. The summed E-state index contributed by atoms with van der Waals surface area (Å²) in [6.45, 7) is 57.3. The Balaban J connectivity index is 0.000000128. The first-order chi connectivity index (χ1) is 64.9. The van der Waals surface area contributed by atoms with E-state index in [1.807, 2.05) is 65.8 Å². The number of alkyl halides is 1. The van der Waals surface area contributed by atoms with Gasteiger partial charge in [0.15, 0.2) is 11.6 Å². The molecule has 0 amide bonds. The van der Waals surface area contributed by atoms with Gasteiger partial charge in [-0.3, -0.25) is 33.6 Å². The average Bonchev–Trinajstić information content (AvgIpc) is 1.42. The molecular formula is C114H164ClN3O21. The van der Waals surface area contributed by atoms with Crippen LogP contribution in [0.3, 0.4) is 0 Å². The SMILES string of the molecule is C=C[C@]1(C)C[C@@H](O)[C@]2(C)[C@H](C)CC[C@]3(CCC(=O)[C@H]32)[C@@H](C)[C@@H]1O.C=C[C@]1(C)C[C@@H](O)[C@]2(C)[C@H](C)CC[C@]3(CCC(=O)[C@H]32)[C@@H](C)[C@@H]1OC(C)=O.C=C[C@]1(C)C[C@@H](OC(=O)CO)[C@]2(C)[C@H](C)CC[C@]3(CCC(=O)[C@H]32)[C@@H](C)C1=O.C=C[C@]1(C)C[C@H]2C3(C)O[C@]4(O)CC[C@@]5(CCC3C)[C@@H](C)[C@H]1[C@]254.C[C@@H]1CC[C@@]23C[C@H](O)C(=O)[C@@]2(O)[C@]1(C)[C@H](OC(=O)CCl)CC(C1=CCn2c(=O)n(-c4ccccc4)c(=O)n2C1)[C@@H]3C. The van der Waals surface area contributed by atoms with Crippen LogP contribution in [0.1, 0.15) is 293 Å². The van der Waals surface area contributed by atoms with Crippen molar-refractivity contribution in [1.29, 1.82) is 0 Å². The van der Waals surface area contributed by atoms with Crippen LogP contribution in [-0.4, -0.2) is 169 Å². The van der Waals surface area contributed by atoms with Gasteiger partial charge in [-0.1, -0.05) is 166 Å². The number of hydrogen-bond donors (Lipinski definition) is 7. The highest BCUT2D eigenvalue weighted by Gasteiger charge is 2.93. The number of carbonyl (C=O) groups is 8. The summed E-state index contributed by atoms with van der Waals surface area (Å²) in [6, 6.07) is 8.75. The lowest BCUT2D eigenvalue weighted by Gasteiger charge is -2.68. The molecule has 1 aromatic carbocycles. The quantitative estimate of drug-likeness (QED) is 0.0475. The number of para-hydroxylation sites is 1. The smallest absolute Gasteiger partial charge is 0.352 e. The molecule has 1 aromatic heterocycles. The maximum Gasteiger partial charge on any atom is 0.352 e. The van der Waals surface area contributed by atoms with Gasteiger partial charge in [-0.2, -0.15) is 0 Å². The molecule has 10 bridgehead atoms. The van der Waals surface area contributed by atoms with Crippen molar-refractivity contribution in [3.8, 4) is 5.69 Å². The number of nitrogens with zero attached hydrogens (tertiary/aromatic N) is 3. The fourth-order valence-corrected chi connectivity index (χ4v) is 37.3. The van der Waals surface area contributed by atoms with Gasteiger partial charge in [0.2, 0.25) is 0 Å². The zero-order valence-corrected chi connectivity index (χ0v) is 87.5. The van der Waals surface area contributed by atoms with Crippen molar-refractivity contribution in [2.24, 2.45) is 170 Å². The van der Waals surface area contributed by atoms with Crippen LogP contribution in [0, 0.1) is 170 Å². The lowest BCUT2D eigenvalue weighted by atomic mass is 9.35. The first kappa shape index (κ1) is 105. The summed E-state index contributed by atoms with van der Waals surface area (Å²) in [5.74, 6) is -1.17. The Morgan fingerprint density at radius 1 is 0.518 bits per heavy atom. The van der Waals surface area contributed by atoms with E-state index in [1.54, 1.807) is 37.3 Å². The predicted molar refractivity (Wildman–Crippen MR) is 528 cm³/mol. The Labute approximate surface area is 828 Å². The van der Waals surface area contributed by atoms with Crippen molar-refractivity contribution in [2.75, 3.05) is 12.5 Å². The number of carbonyl (C=O) groups excluding carboxylic acids is 8. The second-order valence-electron chi connectivity index (χ2n) is 50.6. The van der Waals surface area contributed by atoms with Crippen LogP contribution >= 0.6 is 11.6 Å². The van der Waals surface area contributed by atoms with Gasteiger partial charge in [0.25, 0.3) is 0 Å². The number of halogens is 1. The van der Waals surface area contributed by atoms with E-state index in [-0.39, 0.29) is 153 Å². The molecule has 18 aliphatic rings. The molecule has 7 N–H and O–H groups in total. The summed E-state index contributed by atoms with van der Waals surface area (Å²) in [5, 5.41) is 78.1. The third-order valence-electron chi connectivity index (χ3n) is 46.3. The van der Waals surface area contributed by atoms with Gasteiger partial charge in [-0.15, -0.1) is 37.9 Å². The minimum atomic E-state index is -1.92. The van der Waals surface area contributed by atoms with Crippen LogP contribution in [0.15, 0.2) is 102 Å². The number of aliphatic hydroxyl groups is 7. The number of esters is 3. The molecular weight excluding hydrogens is 1780 g/mol. The van der Waals surface area contributed by atoms with Crippen LogP contribution < -0.4 is 11.4 Å². The molecule has 2 aliphatic heterocycles. The third-order valence-corrected chi connectivity index (χ3v) is 46.5. The molecule has 139 heavy (non-hydrogen) atoms. The van der Waals surface area contributed by atoms with Gasteiger partial charge >= 0.3 is 29.3 Å². The van der Waals surface area contributed by atoms with Crippen LogP contribution in [0.25, 0.3) is 5.69 Å². The molecule has 0 radical (unpaired) electrons. The van der Waals surface area contributed by atoms with Gasteiger partial charge in [0, 0.05) is 123 Å². The molecule has 2 aromatic rings. The summed E-state index contributed by atoms with van der Waals surface area (Å²) >= 11 is 5.85. The van der Waals surface area contributed by atoms with Gasteiger partial charge in [-0.05, 0) is 240 Å². The summed E-state index contributed by atoms with van der Waals surface area (Å²) in [6.07, 6.45) is 22.8. The molecule has 3 unspecified atom stereocenters. The topological polar surface area (TPSA) is 364 Å². The maximum absolute atomic E-state index is 13.7. The number of fused-ring (bicyclic) bond motifs is 1. The van der Waals surface area contributed by atoms with Gasteiger partial charge in [0.05, 0.1) is 42.7 Å². The van der Waals surface area contributed by atoms with E-state index < -0.39 is 127 Å². The van der Waals surface area contributed by atoms with Gasteiger partial charge in [0.1, 0.15) is 65.6 Å². The van der Waals surface area contributed by atoms with E-state index in [0.717, 1.165) is 87.2 Å². The highest BCUT2D eigenvalue weighted by atomic mass is 35.5. The van der Waals surface area contributed by atoms with E-state index in [2.05, 4.69) is 115 Å². The zero-order valence-electron chi connectivity index (χ0n) is 86.7. The summed E-state index contributed by atoms with van der Waals surface area (Å²) < 4.78 is 28.1. The molecule has 3 heterocycles. The van der Waals surface area contributed by atoms with E-state index in [9.17, 15) is 83.7 Å². The van der Waals surface area contributed by atoms with Crippen LogP contribution in [0.5, 0.6) is 0 Å². The highest BCUT2D eigenvalue weighted by Crippen LogP contribution is 2.92. The molecule has 20 rings (SSSR count). The van der Waals surface area contributed by atoms with Crippen molar-refractivity contribution in [1.82, 2.24) is 13.9 Å². The predicted octanol–water partition coefficient (Wildman–Crippen LogP) is 16.5. The monoisotopic (exact) mass is 1950 g/mol. The first-order valence-corrected chi connectivity index (χ1v) is 53.4. The standard InChI is InChI=1S/C30H36ClN3O7.C22H32O5.C22H34O4.C20H32O3.C20H30O2/c1-17-9-11-29-14-22(35)25(37)30(29,40)28(17,3)23(41-24(36)15-31)13-21(18(29)2)19-10-12-32-26(38)34(27(39)33(32)16-19)20-7-5-4-6-8-20;1-6-20(4)11-16(27-17(25)12-23)21(5)13(2)7-9-22(14(3)19(20)26)10-8-15(24)18(21)22;1-7-20(5)12-17(25)21(6)13(2)8-10-22(11-9-16(24)18(21)22)14(3)19(20)26-15(4)23;1-6-18(4)11-15(22)19(5)12(2)7-9-20(13(3)17(18)23)10-8-14(21)16(19)20;1-6-16(4)11-14-17(5)12(2)7-8-18-9-10-19(21,22-17)20(14,18)15(16)13(18)3/h4-8,10,17-18,21-23,35,40H,9,11-16H2,1-3H3;6,13-14,16,18,23H,1,7-12H2,2-5H3;7,13-14,17-19,25H,1,8-12H2,2-6H3;6,12-13,15-17,22-23H,1,7-11H2,2-5H3;6,12-15,21H,1,7-11H2,2-5H3/t17-,18+,21?,22+,23-,28+,29+,30-;13-,14+,16-,18+,20-,21+,22+;13-,14+,17-,18+,19+,20-,21+,22+;12-,13+,15-,16+,17+,18-,19+,20+;12?,13-,14-,15+,16+,17?,18-,19+,20+/m11110/s1. The Bertz CT molecular complexity index is 5450. The highest BCUT2D eigenvalue weighted by molar-refractivity contribution is 6.26. The number of hydrogen-bond acceptors (Lipinski definition) is 21. The molecule has 24 nitrogen and oxygen atoms in total. The fraction of sp³-hybridized carbons (Fsp3) is 0.772. The third kappa shape index (κ3) is 14.0. The van der Waals surface area contributed by atoms with E-state index in [1.165, 1.54) is 29.1 Å². The van der Waals surface area contributed by atoms with Crippen molar-refractivity contribution in [3.05, 3.63) is 114 Å². The van der Waals surface area contributed by atoms with Gasteiger partial charge in [-0.25, -0.2) is 28.3 Å². The molecule has 40 atom stereocenters. The molecule has 17 fully saturated rings. The second-order valence-corrected chi connectivity index (χ2v) is 50.9. The van der Waals surface area contributed by atoms with Crippen molar-refractivity contribution >= 4 is 58.4 Å². The largest absolute Gasteiger partial charge is 0.461 e. The number of rotatable bonds is 11. The van der Waals surface area contributed by atoms with E-state index in [4.69, 9.17) is 30.5 Å². The number of aliphatic hydroxyl groups excluding tert-OH is 5. The number of Topliss-reactive ketones (excluding diaryl/α,β-unsaturated/α-hetero) is 5. The fourth-order valence-electron chi connectivity index (χ4n) is 37.3. The zero-order chi connectivity index (χ0) is 102. The molecule has 1 spiro atoms. The number of benzene rings is 1. The lowest BCUT2D eigenvalue weighted by Crippen LogP contribution is -2.69. The maximum atomic E-state index is 13.7. The minimum absolute atomic E-state index is 0.00185. The summed E-state index contributed by atoms with van der Waals surface area (Å²) in [5.41, 5.74) is -7.28. The summed E-state index contributed by atoms with van der Waals surface area (Å²) in [4.78, 5) is 130. The van der Waals surface area contributed by atoms with Crippen molar-refractivity contribution in [2.45, 2.75) is 365 Å².